The van der Waals surface area contributed by atoms with Gasteiger partial charge in [-0.15, -0.1) is 10.1 Å². The van der Waals surface area contributed by atoms with Crippen LogP contribution >= 0.6 is 0 Å². The molecule has 0 amide bonds. The molecule has 19 heavy (non-hydrogen) atoms. The zero-order chi connectivity index (χ0) is 13.5. The summed E-state index contributed by atoms with van der Waals surface area (Å²) in [4.78, 5) is 16.1. The van der Waals surface area contributed by atoms with E-state index in [1.807, 2.05) is 61.5 Å². The second-order valence-corrected chi connectivity index (χ2v) is 4.34. The molecule has 0 heterocycles. The third kappa shape index (κ3) is 4.19. The molecule has 0 aliphatic rings. The number of benzene rings is 2. The molecule has 2 aromatic carbocycles. The van der Waals surface area contributed by atoms with Crippen LogP contribution in [0, 0.1) is 11.8 Å². The highest BCUT2D eigenvalue weighted by molar-refractivity contribution is 5.20. The average Bonchev–Trinajstić information content (AvgIpc) is 2.46. The van der Waals surface area contributed by atoms with E-state index < -0.39 is 0 Å². The summed E-state index contributed by atoms with van der Waals surface area (Å²) in [5.74, 6) is 0. The maximum atomic E-state index is 10.7. The highest BCUT2D eigenvalue weighted by atomic mass is 16.7. The second kappa shape index (κ2) is 6.66. The molecule has 0 bridgehead atoms. The lowest BCUT2D eigenvalue weighted by atomic mass is 10.2. The van der Waals surface area contributed by atoms with E-state index in [-0.39, 0.29) is 0 Å². The molecule has 0 radical (unpaired) electrons. The van der Waals surface area contributed by atoms with Crippen LogP contribution in [0.4, 0.5) is 0 Å². The van der Waals surface area contributed by atoms with Gasteiger partial charge in [0.1, 0.15) is 6.61 Å². The van der Waals surface area contributed by atoms with Crippen LogP contribution in [0.5, 0.6) is 0 Å². The Balaban J connectivity index is 1.89. The van der Waals surface area contributed by atoms with Gasteiger partial charge < -0.3 is 0 Å². The Morgan fingerprint density at radius 1 is 1.00 bits per heavy atom. The minimum atomic E-state index is 0.332. The van der Waals surface area contributed by atoms with Gasteiger partial charge in [-0.2, -0.15) is 0 Å². The van der Waals surface area contributed by atoms with E-state index >= 15 is 0 Å². The minimum Gasteiger partial charge on any atom is -0.249 e. The Kier molecular flexibility index (Phi) is 4.64. The van der Waals surface area contributed by atoms with Gasteiger partial charge >= 0.3 is 0 Å². The lowest BCUT2D eigenvalue weighted by molar-refractivity contribution is -0.178. The van der Waals surface area contributed by atoms with Crippen LogP contribution in [0.25, 0.3) is 0 Å². The van der Waals surface area contributed by atoms with Crippen molar-refractivity contribution in [2.45, 2.75) is 20.1 Å². The maximum Gasteiger partial charge on any atom is 0.102 e. The quantitative estimate of drug-likeness (QED) is 0.585. The van der Waals surface area contributed by atoms with Gasteiger partial charge in [0.05, 0.1) is 11.8 Å². The Morgan fingerprint density at radius 2 is 1.68 bits per heavy atom. The molecule has 4 heteroatoms. The molecule has 0 aliphatic heterocycles. The Morgan fingerprint density at radius 3 is 2.32 bits per heavy atom. The number of hydrogen-bond donors (Lipinski definition) is 0. The highest BCUT2D eigenvalue weighted by Gasteiger charge is 2.05. The molecule has 0 aliphatic carbocycles. The van der Waals surface area contributed by atoms with Gasteiger partial charge in [0, 0.05) is 0 Å². The zero-order valence-corrected chi connectivity index (χ0v) is 10.8. The third-order valence-corrected chi connectivity index (χ3v) is 2.75. The number of hydrogen-bond acceptors (Lipinski definition) is 3. The smallest absolute Gasteiger partial charge is 0.102 e. The van der Waals surface area contributed by atoms with Crippen molar-refractivity contribution in [1.82, 2.24) is 5.17 Å². The Bertz CT molecular complexity index is 511. The predicted octanol–water partition coefficient (Wildman–Crippen LogP) is 3.61. The number of nitrogens with zero attached hydrogens (tertiary/aromatic N) is 2. The first-order valence-corrected chi connectivity index (χ1v) is 6.11. The van der Waals surface area contributed by atoms with Crippen molar-refractivity contribution in [3.05, 3.63) is 76.2 Å². The summed E-state index contributed by atoms with van der Waals surface area (Å²) in [6, 6.07) is 17.6. The molecule has 98 valence electrons. The SMILES string of the molecule is Cc1ccc(CON(Cc2ccccc2)N=O)cc1. The summed E-state index contributed by atoms with van der Waals surface area (Å²) in [5.41, 5.74) is 3.18. The van der Waals surface area contributed by atoms with E-state index in [1.54, 1.807) is 0 Å². The Hall–Kier alpha value is -2.20. The molecular weight excluding hydrogens is 240 g/mol. The maximum absolute atomic E-state index is 10.7. The van der Waals surface area contributed by atoms with Crippen LogP contribution < -0.4 is 0 Å². The van der Waals surface area contributed by atoms with Gasteiger partial charge in [0.25, 0.3) is 0 Å². The van der Waals surface area contributed by atoms with Crippen molar-refractivity contribution in [1.29, 1.82) is 0 Å². The van der Waals surface area contributed by atoms with Crippen LogP contribution in [0.15, 0.2) is 59.9 Å². The van der Waals surface area contributed by atoms with Crippen molar-refractivity contribution in [3.63, 3.8) is 0 Å². The first-order valence-electron chi connectivity index (χ1n) is 6.11. The molecule has 0 spiro atoms. The molecule has 4 nitrogen and oxygen atoms in total. The summed E-state index contributed by atoms with van der Waals surface area (Å²) in [6.07, 6.45) is 0. The number of nitroso groups, excluding NO2 is 1. The summed E-state index contributed by atoms with van der Waals surface area (Å²) in [7, 11) is 0. The average molecular weight is 256 g/mol. The molecule has 2 aromatic rings. The van der Waals surface area contributed by atoms with E-state index in [2.05, 4.69) is 5.29 Å². The van der Waals surface area contributed by atoms with E-state index in [4.69, 9.17) is 4.84 Å². The van der Waals surface area contributed by atoms with E-state index in [1.165, 1.54) is 5.56 Å². The molecule has 0 N–H and O–H groups in total. The van der Waals surface area contributed by atoms with Crippen molar-refractivity contribution in [2.75, 3.05) is 0 Å². The second-order valence-electron chi connectivity index (χ2n) is 4.34. The van der Waals surface area contributed by atoms with Gasteiger partial charge in [-0.3, -0.25) is 0 Å². The predicted molar refractivity (Wildman–Crippen MR) is 73.7 cm³/mol. The summed E-state index contributed by atoms with van der Waals surface area (Å²) >= 11 is 0. The molecule has 0 saturated heterocycles. The van der Waals surface area contributed by atoms with E-state index in [0.29, 0.717) is 13.2 Å². The molecule has 0 saturated carbocycles. The number of aryl methyl sites for hydroxylation is 1. The third-order valence-electron chi connectivity index (χ3n) is 2.75. The van der Waals surface area contributed by atoms with Gasteiger partial charge in [-0.05, 0) is 18.1 Å². The van der Waals surface area contributed by atoms with E-state index in [9.17, 15) is 4.91 Å². The fourth-order valence-electron chi connectivity index (χ4n) is 1.67. The molecule has 2 rings (SSSR count). The first kappa shape index (κ1) is 13.2. The largest absolute Gasteiger partial charge is 0.249 e. The van der Waals surface area contributed by atoms with Crippen LogP contribution in [0.2, 0.25) is 0 Å². The summed E-state index contributed by atoms with van der Waals surface area (Å²) in [6.45, 7) is 2.70. The van der Waals surface area contributed by atoms with E-state index in [0.717, 1.165) is 16.3 Å². The van der Waals surface area contributed by atoms with Crippen LogP contribution in [-0.2, 0) is 18.0 Å². The van der Waals surface area contributed by atoms with Crippen molar-refractivity contribution in [3.8, 4) is 0 Å². The van der Waals surface area contributed by atoms with Gasteiger partial charge in [-0.25, -0.2) is 4.84 Å². The lowest BCUT2D eigenvalue weighted by Gasteiger charge is -2.14. The molecular formula is C15H16N2O2. The number of rotatable bonds is 6. The van der Waals surface area contributed by atoms with Gasteiger partial charge in [-0.1, -0.05) is 60.2 Å². The standard InChI is InChI=1S/C15H16N2O2/c1-13-7-9-15(10-8-13)12-19-17(16-18)11-14-5-3-2-4-6-14/h2-10H,11-12H2,1H3. The highest BCUT2D eigenvalue weighted by Crippen LogP contribution is 2.09. The number of hydroxylamine groups is 1. The van der Waals surface area contributed by atoms with Crippen LogP contribution in [0.3, 0.4) is 0 Å². The normalized spacial score (nSPS) is 10.2. The summed E-state index contributed by atoms with van der Waals surface area (Å²) < 4.78 is 0. The topological polar surface area (TPSA) is 41.9 Å². The molecule has 0 aromatic heterocycles. The van der Waals surface area contributed by atoms with Crippen LogP contribution in [-0.4, -0.2) is 5.17 Å². The fraction of sp³-hybridized carbons (Fsp3) is 0.200. The minimum absolute atomic E-state index is 0.332. The van der Waals surface area contributed by atoms with Crippen molar-refractivity contribution < 1.29 is 4.84 Å². The molecule has 0 fully saturated rings. The Labute approximate surface area is 112 Å². The van der Waals surface area contributed by atoms with Gasteiger partial charge in [0.15, 0.2) is 0 Å². The first-order chi connectivity index (χ1) is 9.28. The fourth-order valence-corrected chi connectivity index (χ4v) is 1.67. The molecule has 0 atom stereocenters. The van der Waals surface area contributed by atoms with Crippen LogP contribution in [0.1, 0.15) is 16.7 Å². The van der Waals surface area contributed by atoms with Crippen molar-refractivity contribution >= 4 is 0 Å². The lowest BCUT2D eigenvalue weighted by Crippen LogP contribution is -2.16. The zero-order valence-electron chi connectivity index (χ0n) is 10.8. The monoisotopic (exact) mass is 256 g/mol. The van der Waals surface area contributed by atoms with Crippen molar-refractivity contribution in [2.24, 2.45) is 5.29 Å². The molecule has 0 unspecified atom stereocenters. The van der Waals surface area contributed by atoms with Gasteiger partial charge in [0.2, 0.25) is 0 Å². The summed E-state index contributed by atoms with van der Waals surface area (Å²) in [5, 5.41) is 3.94.